The van der Waals surface area contributed by atoms with Crippen LogP contribution in [0.1, 0.15) is 32.6 Å². The minimum Gasteiger partial charge on any atom is -0.469 e. The van der Waals surface area contributed by atoms with E-state index in [0.29, 0.717) is 12.5 Å². The fourth-order valence-corrected chi connectivity index (χ4v) is 3.11. The van der Waals surface area contributed by atoms with Gasteiger partial charge >= 0.3 is 5.97 Å². The van der Waals surface area contributed by atoms with Gasteiger partial charge in [0.2, 0.25) is 0 Å². The quantitative estimate of drug-likeness (QED) is 0.525. The normalized spacial score (nSPS) is 19.2. The Morgan fingerprint density at radius 1 is 1.56 bits per heavy atom. The summed E-state index contributed by atoms with van der Waals surface area (Å²) in [5, 5.41) is 3.23. The van der Waals surface area contributed by atoms with Crippen molar-refractivity contribution in [3.63, 3.8) is 0 Å². The highest BCUT2D eigenvalue weighted by Gasteiger charge is 2.44. The van der Waals surface area contributed by atoms with Crippen molar-refractivity contribution in [1.82, 2.24) is 5.32 Å². The van der Waals surface area contributed by atoms with E-state index in [4.69, 9.17) is 4.74 Å². The van der Waals surface area contributed by atoms with E-state index in [9.17, 15) is 4.79 Å². The minimum atomic E-state index is -0.0540. The average Bonchev–Trinajstić information content (AvgIpc) is 3.04. The first kappa shape index (κ1) is 13.8. The van der Waals surface area contributed by atoms with Crippen LogP contribution < -0.4 is 5.32 Å². The molecule has 0 heterocycles. The van der Waals surface area contributed by atoms with Crippen LogP contribution in [0.2, 0.25) is 0 Å². The van der Waals surface area contributed by atoms with Crippen LogP contribution in [0.5, 0.6) is 0 Å². The Morgan fingerprint density at radius 2 is 2.25 bits per heavy atom. The third-order valence-electron chi connectivity index (χ3n) is 3.30. The van der Waals surface area contributed by atoms with E-state index in [2.05, 4.69) is 12.2 Å². The molecular formula is C12H23NO2S. The van der Waals surface area contributed by atoms with Gasteiger partial charge in [-0.1, -0.05) is 0 Å². The number of thioether (sulfide) groups is 1. The molecule has 0 saturated heterocycles. The van der Waals surface area contributed by atoms with E-state index in [1.54, 1.807) is 0 Å². The zero-order valence-electron chi connectivity index (χ0n) is 10.5. The van der Waals surface area contributed by atoms with Gasteiger partial charge in [-0.2, -0.15) is 11.8 Å². The molecule has 0 amide bonds. The molecule has 1 N–H and O–H groups in total. The van der Waals surface area contributed by atoms with Crippen LogP contribution in [0, 0.1) is 5.41 Å². The maximum atomic E-state index is 11.2. The SMILES string of the molecule is CNC(C)CCSCC1(CC(=O)OC)CC1. The Morgan fingerprint density at radius 3 is 2.75 bits per heavy atom. The zero-order chi connectivity index (χ0) is 12.0. The summed E-state index contributed by atoms with van der Waals surface area (Å²) in [5.41, 5.74) is 0.278. The number of rotatable bonds is 8. The number of hydrogen-bond acceptors (Lipinski definition) is 4. The van der Waals surface area contributed by atoms with Crippen molar-refractivity contribution in [1.29, 1.82) is 0 Å². The van der Waals surface area contributed by atoms with Crippen LogP contribution in [0.25, 0.3) is 0 Å². The zero-order valence-corrected chi connectivity index (χ0v) is 11.4. The molecule has 0 spiro atoms. The lowest BCUT2D eigenvalue weighted by atomic mass is 10.1. The molecule has 1 fully saturated rings. The van der Waals surface area contributed by atoms with Crippen LogP contribution in [0.3, 0.4) is 0 Å². The summed E-state index contributed by atoms with van der Waals surface area (Å²) in [4.78, 5) is 11.2. The lowest BCUT2D eigenvalue weighted by Crippen LogP contribution is -2.22. The molecule has 0 aromatic heterocycles. The summed E-state index contributed by atoms with van der Waals surface area (Å²) >= 11 is 1.97. The van der Waals surface area contributed by atoms with E-state index in [0.717, 1.165) is 5.75 Å². The van der Waals surface area contributed by atoms with E-state index >= 15 is 0 Å². The minimum absolute atomic E-state index is 0.0540. The fourth-order valence-electron chi connectivity index (χ4n) is 1.62. The topological polar surface area (TPSA) is 38.3 Å². The number of carbonyl (C=O) groups is 1. The predicted molar refractivity (Wildman–Crippen MR) is 68.8 cm³/mol. The second kappa shape index (κ2) is 6.50. The van der Waals surface area contributed by atoms with Crippen molar-refractivity contribution in [2.24, 2.45) is 5.41 Å². The standard InChI is InChI=1S/C12H23NO2S/c1-10(13-2)4-7-16-9-12(5-6-12)8-11(14)15-3/h10,13H,4-9H2,1-3H3. The van der Waals surface area contributed by atoms with Crippen LogP contribution in [-0.2, 0) is 9.53 Å². The summed E-state index contributed by atoms with van der Waals surface area (Å²) < 4.78 is 4.73. The molecular weight excluding hydrogens is 222 g/mol. The second-order valence-corrected chi connectivity index (χ2v) is 5.89. The molecule has 0 radical (unpaired) electrons. The van der Waals surface area contributed by atoms with Gasteiger partial charge in [-0.05, 0) is 50.2 Å². The lowest BCUT2D eigenvalue weighted by Gasteiger charge is -2.14. The summed E-state index contributed by atoms with van der Waals surface area (Å²) in [7, 11) is 3.47. The first-order valence-electron chi connectivity index (χ1n) is 5.94. The largest absolute Gasteiger partial charge is 0.469 e. The third kappa shape index (κ3) is 4.74. The van der Waals surface area contributed by atoms with Crippen molar-refractivity contribution < 1.29 is 9.53 Å². The van der Waals surface area contributed by atoms with Gasteiger partial charge in [0.15, 0.2) is 0 Å². The molecule has 4 heteroatoms. The van der Waals surface area contributed by atoms with Crippen molar-refractivity contribution in [3.8, 4) is 0 Å². The summed E-state index contributed by atoms with van der Waals surface area (Å²) in [5.74, 6) is 2.23. The molecule has 94 valence electrons. The highest BCUT2D eigenvalue weighted by atomic mass is 32.2. The second-order valence-electron chi connectivity index (χ2n) is 4.78. The predicted octanol–water partition coefficient (Wildman–Crippen LogP) is 2.06. The first-order valence-corrected chi connectivity index (χ1v) is 7.09. The average molecular weight is 245 g/mol. The number of carbonyl (C=O) groups excluding carboxylic acids is 1. The van der Waals surface area contributed by atoms with E-state index in [-0.39, 0.29) is 11.4 Å². The Hall–Kier alpha value is -0.220. The summed E-state index contributed by atoms with van der Waals surface area (Å²) in [6, 6.07) is 0.586. The Balaban J connectivity index is 2.10. The third-order valence-corrected chi connectivity index (χ3v) is 4.64. The molecule has 0 aliphatic heterocycles. The van der Waals surface area contributed by atoms with Crippen LogP contribution in [-0.4, -0.2) is 37.7 Å². The highest BCUT2D eigenvalue weighted by Crippen LogP contribution is 2.51. The Bertz CT molecular complexity index is 229. The molecule has 1 atom stereocenters. The molecule has 1 unspecified atom stereocenters. The molecule has 1 saturated carbocycles. The maximum Gasteiger partial charge on any atom is 0.306 e. The van der Waals surface area contributed by atoms with Crippen LogP contribution in [0.15, 0.2) is 0 Å². The molecule has 0 aromatic carbocycles. The summed E-state index contributed by atoms with van der Waals surface area (Å²) in [6.07, 6.45) is 4.18. The van der Waals surface area contributed by atoms with Gasteiger partial charge in [0.1, 0.15) is 0 Å². The first-order chi connectivity index (χ1) is 7.62. The van der Waals surface area contributed by atoms with Crippen molar-refractivity contribution in [2.75, 3.05) is 25.7 Å². The van der Waals surface area contributed by atoms with Crippen LogP contribution in [0.4, 0.5) is 0 Å². The molecule has 1 aliphatic carbocycles. The van der Waals surface area contributed by atoms with E-state index in [1.807, 2.05) is 18.8 Å². The van der Waals surface area contributed by atoms with Crippen molar-refractivity contribution in [2.45, 2.75) is 38.6 Å². The van der Waals surface area contributed by atoms with E-state index < -0.39 is 0 Å². The van der Waals surface area contributed by atoms with Crippen LogP contribution >= 0.6 is 11.8 Å². The Kier molecular flexibility index (Phi) is 5.62. The molecule has 1 rings (SSSR count). The van der Waals surface area contributed by atoms with Gasteiger partial charge in [-0.3, -0.25) is 4.79 Å². The monoisotopic (exact) mass is 245 g/mol. The molecule has 0 aromatic rings. The Labute approximate surface area is 103 Å². The maximum absolute atomic E-state index is 11.2. The number of hydrogen-bond donors (Lipinski definition) is 1. The number of methoxy groups -OCH3 is 1. The number of ether oxygens (including phenoxy) is 1. The molecule has 0 bridgehead atoms. The van der Waals surface area contributed by atoms with Gasteiger partial charge in [0.25, 0.3) is 0 Å². The van der Waals surface area contributed by atoms with E-state index in [1.165, 1.54) is 32.1 Å². The highest BCUT2D eigenvalue weighted by molar-refractivity contribution is 7.99. The molecule has 3 nitrogen and oxygen atoms in total. The van der Waals surface area contributed by atoms with Gasteiger partial charge in [-0.15, -0.1) is 0 Å². The molecule has 1 aliphatic rings. The van der Waals surface area contributed by atoms with Crippen molar-refractivity contribution >= 4 is 17.7 Å². The smallest absolute Gasteiger partial charge is 0.306 e. The fraction of sp³-hybridized carbons (Fsp3) is 0.917. The van der Waals surface area contributed by atoms with Gasteiger partial charge in [-0.25, -0.2) is 0 Å². The number of nitrogens with one attached hydrogen (secondary N) is 1. The van der Waals surface area contributed by atoms with Gasteiger partial charge in [0, 0.05) is 6.04 Å². The summed E-state index contributed by atoms with van der Waals surface area (Å²) in [6.45, 7) is 2.20. The van der Waals surface area contributed by atoms with Crippen molar-refractivity contribution in [3.05, 3.63) is 0 Å². The van der Waals surface area contributed by atoms with Gasteiger partial charge in [0.05, 0.1) is 13.5 Å². The molecule has 16 heavy (non-hydrogen) atoms. The van der Waals surface area contributed by atoms with Gasteiger partial charge < -0.3 is 10.1 Å². The number of esters is 1. The lowest BCUT2D eigenvalue weighted by molar-refractivity contribution is -0.141.